The lowest BCUT2D eigenvalue weighted by molar-refractivity contribution is -0.742. The lowest BCUT2D eigenvalue weighted by atomic mass is 10.6. The van der Waals surface area contributed by atoms with Crippen LogP contribution < -0.4 is 5.84 Å². The normalized spacial score (nSPS) is 9.00. The number of hydrogen-bond acceptors (Lipinski definition) is 6. The van der Waals surface area contributed by atoms with Crippen LogP contribution in [-0.4, -0.2) is 51.8 Å². The monoisotopic (exact) mass is 183 g/mol. The molecule has 0 radical (unpaired) electrons. The Balaban J connectivity index is 0. The molecule has 0 saturated heterocycles. The molecule has 0 spiro atoms. The molecule has 74 valence electrons. The minimum absolute atomic E-state index is 0.0382. The standard InChI is InChI=1S/C4H12N2O2.HNO3/c5-6(1-3-7)2-4-8;2-1(3)4/h7-8H,1-5H2;(H,2,3,4). The van der Waals surface area contributed by atoms with Gasteiger partial charge in [0.15, 0.2) is 0 Å². The van der Waals surface area contributed by atoms with Gasteiger partial charge in [-0.25, -0.2) is 5.01 Å². The SMILES string of the molecule is NN(CCO)CCO.O=[N+]([O-])O. The molecule has 5 N–H and O–H groups in total. The van der Waals surface area contributed by atoms with E-state index in [1.165, 1.54) is 5.01 Å². The molecule has 0 fully saturated rings. The quantitative estimate of drug-likeness (QED) is 0.221. The minimum atomic E-state index is -1.50. The maximum Gasteiger partial charge on any atom is 0.291 e. The average Bonchev–Trinajstić information content (AvgIpc) is 1.87. The van der Waals surface area contributed by atoms with Gasteiger partial charge in [0, 0.05) is 13.1 Å². The Labute approximate surface area is 68.9 Å². The number of hydrogen-bond donors (Lipinski definition) is 4. The van der Waals surface area contributed by atoms with Crippen LogP contribution in [0.5, 0.6) is 0 Å². The van der Waals surface area contributed by atoms with Gasteiger partial charge >= 0.3 is 0 Å². The van der Waals surface area contributed by atoms with E-state index in [2.05, 4.69) is 0 Å². The molecule has 0 atom stereocenters. The van der Waals surface area contributed by atoms with E-state index in [1.54, 1.807) is 0 Å². The first-order chi connectivity index (χ1) is 5.54. The molecule has 0 unspecified atom stereocenters. The fraction of sp³-hybridized carbons (Fsp3) is 1.00. The van der Waals surface area contributed by atoms with Gasteiger partial charge < -0.3 is 15.4 Å². The van der Waals surface area contributed by atoms with Gasteiger partial charge in [-0.2, -0.15) is 0 Å². The smallest absolute Gasteiger partial charge is 0.291 e. The van der Waals surface area contributed by atoms with Gasteiger partial charge in [-0.1, -0.05) is 0 Å². The van der Waals surface area contributed by atoms with Crippen molar-refractivity contribution < 1.29 is 20.5 Å². The summed E-state index contributed by atoms with van der Waals surface area (Å²) in [7, 11) is 0. The summed E-state index contributed by atoms with van der Waals surface area (Å²) in [4.78, 5) is 8.36. The lowest BCUT2D eigenvalue weighted by Crippen LogP contribution is -2.35. The van der Waals surface area contributed by atoms with E-state index in [-0.39, 0.29) is 13.2 Å². The maximum absolute atomic E-state index is 8.36. The van der Waals surface area contributed by atoms with E-state index in [1.807, 2.05) is 0 Å². The van der Waals surface area contributed by atoms with Crippen LogP contribution in [0.1, 0.15) is 0 Å². The van der Waals surface area contributed by atoms with Crippen molar-refractivity contribution in [3.63, 3.8) is 0 Å². The van der Waals surface area contributed by atoms with Crippen LogP contribution in [0.4, 0.5) is 0 Å². The minimum Gasteiger partial charge on any atom is -0.395 e. The van der Waals surface area contributed by atoms with Gasteiger partial charge in [-0.05, 0) is 0 Å². The molecule has 0 aliphatic rings. The van der Waals surface area contributed by atoms with Gasteiger partial charge in [0.1, 0.15) is 0 Å². The van der Waals surface area contributed by atoms with Crippen molar-refractivity contribution in [1.82, 2.24) is 5.01 Å². The molecule has 0 amide bonds. The molecule has 8 heteroatoms. The molecule has 0 aromatic carbocycles. The third-order valence-corrected chi connectivity index (χ3v) is 0.774. The highest BCUT2D eigenvalue weighted by Gasteiger charge is 1.92. The molecular formula is C4H13N3O5. The van der Waals surface area contributed by atoms with Gasteiger partial charge in [-0.15, -0.1) is 10.1 Å². The highest BCUT2D eigenvalue weighted by Crippen LogP contribution is 1.71. The number of nitrogens with two attached hydrogens (primary N) is 1. The van der Waals surface area contributed by atoms with Gasteiger partial charge in [-0.3, -0.25) is 5.84 Å². The molecule has 0 saturated carbocycles. The summed E-state index contributed by atoms with van der Waals surface area (Å²) >= 11 is 0. The topological polar surface area (TPSA) is 133 Å². The van der Waals surface area contributed by atoms with Crippen LogP contribution in [0.25, 0.3) is 0 Å². The van der Waals surface area contributed by atoms with Crippen molar-refractivity contribution in [2.75, 3.05) is 26.3 Å². The predicted octanol–water partition coefficient (Wildman–Crippen LogP) is -2.20. The van der Waals surface area contributed by atoms with Crippen molar-refractivity contribution in [2.45, 2.75) is 0 Å². The van der Waals surface area contributed by atoms with Crippen molar-refractivity contribution in [2.24, 2.45) is 5.84 Å². The number of rotatable bonds is 4. The highest BCUT2D eigenvalue weighted by atomic mass is 16.9. The molecule has 0 bridgehead atoms. The second kappa shape index (κ2) is 10.0. The third kappa shape index (κ3) is 23.0. The molecule has 0 aromatic heterocycles. The van der Waals surface area contributed by atoms with Crippen LogP contribution >= 0.6 is 0 Å². The zero-order valence-corrected chi connectivity index (χ0v) is 6.46. The molecule has 12 heavy (non-hydrogen) atoms. The summed E-state index contributed by atoms with van der Waals surface area (Å²) in [5.41, 5.74) is 0. The molecule has 0 heterocycles. The number of hydrazine groups is 1. The van der Waals surface area contributed by atoms with Crippen molar-refractivity contribution in [1.29, 1.82) is 0 Å². The maximum atomic E-state index is 8.36. The van der Waals surface area contributed by atoms with E-state index in [4.69, 9.17) is 31.4 Å². The fourth-order valence-corrected chi connectivity index (χ4v) is 0.369. The van der Waals surface area contributed by atoms with Crippen LogP contribution in [-0.2, 0) is 0 Å². The van der Waals surface area contributed by atoms with E-state index in [0.717, 1.165) is 0 Å². The summed E-state index contributed by atoms with van der Waals surface area (Å²) in [6.07, 6.45) is 0. The Kier molecular flexibility index (Phi) is 11.4. The summed E-state index contributed by atoms with van der Waals surface area (Å²) in [5.74, 6) is 5.21. The zero-order valence-electron chi connectivity index (χ0n) is 6.46. The molecule has 8 nitrogen and oxygen atoms in total. The van der Waals surface area contributed by atoms with Crippen LogP contribution in [0.15, 0.2) is 0 Å². The van der Waals surface area contributed by atoms with Crippen LogP contribution in [0.3, 0.4) is 0 Å². The Morgan fingerprint density at radius 2 is 1.58 bits per heavy atom. The first-order valence-electron chi connectivity index (χ1n) is 3.09. The van der Waals surface area contributed by atoms with Crippen molar-refractivity contribution in [3.8, 4) is 0 Å². The second-order valence-corrected chi connectivity index (χ2v) is 1.72. The summed E-state index contributed by atoms with van der Waals surface area (Å²) < 4.78 is 0. The third-order valence-electron chi connectivity index (χ3n) is 0.774. The van der Waals surface area contributed by atoms with E-state index < -0.39 is 5.09 Å². The van der Waals surface area contributed by atoms with Crippen LogP contribution in [0.2, 0.25) is 0 Å². The Bertz CT molecular complexity index is 101. The molecule has 0 rings (SSSR count). The Hall–Kier alpha value is -0.960. The zero-order chi connectivity index (χ0) is 9.98. The van der Waals surface area contributed by atoms with Gasteiger partial charge in [0.25, 0.3) is 5.09 Å². The van der Waals surface area contributed by atoms with Crippen molar-refractivity contribution in [3.05, 3.63) is 10.1 Å². The number of nitrogens with zero attached hydrogens (tertiary/aromatic N) is 2. The van der Waals surface area contributed by atoms with Crippen LogP contribution in [0, 0.1) is 10.1 Å². The summed E-state index contributed by atoms with van der Waals surface area (Å²) in [5, 5.41) is 31.5. The van der Waals surface area contributed by atoms with E-state index in [9.17, 15) is 0 Å². The Morgan fingerprint density at radius 3 is 1.75 bits per heavy atom. The van der Waals surface area contributed by atoms with Gasteiger partial charge in [0.2, 0.25) is 0 Å². The van der Waals surface area contributed by atoms with E-state index in [0.29, 0.717) is 13.1 Å². The largest absolute Gasteiger partial charge is 0.395 e. The average molecular weight is 183 g/mol. The number of aliphatic hydroxyl groups excluding tert-OH is 2. The molecule has 0 aliphatic carbocycles. The van der Waals surface area contributed by atoms with Crippen molar-refractivity contribution >= 4 is 0 Å². The highest BCUT2D eigenvalue weighted by molar-refractivity contribution is 4.42. The number of aliphatic hydroxyl groups is 2. The molecule has 0 aliphatic heterocycles. The molecular weight excluding hydrogens is 170 g/mol. The van der Waals surface area contributed by atoms with Gasteiger partial charge in [0.05, 0.1) is 13.2 Å². The molecule has 0 aromatic rings. The second-order valence-electron chi connectivity index (χ2n) is 1.72. The summed E-state index contributed by atoms with van der Waals surface area (Å²) in [6, 6.07) is 0. The lowest BCUT2D eigenvalue weighted by Gasteiger charge is -2.11. The predicted molar refractivity (Wildman–Crippen MR) is 38.7 cm³/mol. The summed E-state index contributed by atoms with van der Waals surface area (Å²) in [6.45, 7) is 0.911. The fourth-order valence-electron chi connectivity index (χ4n) is 0.369. The first-order valence-corrected chi connectivity index (χ1v) is 3.09. The first kappa shape index (κ1) is 13.6. The Morgan fingerprint density at radius 1 is 1.33 bits per heavy atom. The van der Waals surface area contributed by atoms with E-state index >= 15 is 0 Å².